The van der Waals surface area contributed by atoms with Crippen LogP contribution in [0, 0.1) is 11.8 Å². The summed E-state index contributed by atoms with van der Waals surface area (Å²) >= 11 is 0. The maximum absolute atomic E-state index is 12.1. The van der Waals surface area contributed by atoms with Crippen molar-refractivity contribution in [3.05, 3.63) is 0 Å². The molecule has 1 aliphatic heterocycles. The molecule has 1 saturated carbocycles. The average molecular weight is 282 g/mol. The topological polar surface area (TPSA) is 69.6 Å². The van der Waals surface area contributed by atoms with E-state index in [9.17, 15) is 9.59 Å². The molecule has 2 aliphatic rings. The van der Waals surface area contributed by atoms with Crippen molar-refractivity contribution >= 4 is 11.9 Å². The SMILES string of the molecule is CC1CN(CC(=O)NC2CCCCCC2)CC1C(=O)O. The van der Waals surface area contributed by atoms with Crippen molar-refractivity contribution in [3.63, 3.8) is 0 Å². The van der Waals surface area contributed by atoms with Crippen molar-refractivity contribution in [2.75, 3.05) is 19.6 Å². The smallest absolute Gasteiger partial charge is 0.308 e. The van der Waals surface area contributed by atoms with Crippen LogP contribution < -0.4 is 5.32 Å². The second-order valence-corrected chi connectivity index (χ2v) is 6.37. The van der Waals surface area contributed by atoms with Gasteiger partial charge in [0, 0.05) is 19.1 Å². The largest absolute Gasteiger partial charge is 0.481 e. The zero-order valence-corrected chi connectivity index (χ0v) is 12.3. The average Bonchev–Trinajstić information content (AvgIpc) is 2.59. The van der Waals surface area contributed by atoms with Gasteiger partial charge in [-0.3, -0.25) is 14.5 Å². The normalized spacial score (nSPS) is 29.1. The molecule has 2 rings (SSSR count). The summed E-state index contributed by atoms with van der Waals surface area (Å²) in [7, 11) is 0. The maximum atomic E-state index is 12.1. The van der Waals surface area contributed by atoms with Gasteiger partial charge in [-0.1, -0.05) is 32.6 Å². The predicted octanol–water partition coefficient (Wildman–Crippen LogP) is 1.48. The molecule has 2 fully saturated rings. The van der Waals surface area contributed by atoms with E-state index < -0.39 is 5.97 Å². The lowest BCUT2D eigenvalue weighted by molar-refractivity contribution is -0.142. The van der Waals surface area contributed by atoms with E-state index in [0.29, 0.717) is 25.7 Å². The van der Waals surface area contributed by atoms with Gasteiger partial charge < -0.3 is 10.4 Å². The predicted molar refractivity (Wildman–Crippen MR) is 76.4 cm³/mol. The second-order valence-electron chi connectivity index (χ2n) is 6.37. The van der Waals surface area contributed by atoms with Crippen LogP contribution in [-0.2, 0) is 9.59 Å². The van der Waals surface area contributed by atoms with Gasteiger partial charge in [0.1, 0.15) is 0 Å². The highest BCUT2D eigenvalue weighted by Crippen LogP contribution is 2.23. The molecule has 1 saturated heterocycles. The number of rotatable bonds is 4. The van der Waals surface area contributed by atoms with Crippen LogP contribution in [0.25, 0.3) is 0 Å². The Morgan fingerprint density at radius 2 is 1.80 bits per heavy atom. The molecule has 0 aromatic carbocycles. The number of carbonyl (C=O) groups excluding carboxylic acids is 1. The van der Waals surface area contributed by atoms with Crippen LogP contribution in [0.1, 0.15) is 45.4 Å². The van der Waals surface area contributed by atoms with Crippen LogP contribution in [0.4, 0.5) is 0 Å². The minimum Gasteiger partial charge on any atom is -0.481 e. The first kappa shape index (κ1) is 15.3. The summed E-state index contributed by atoms with van der Waals surface area (Å²) in [6.07, 6.45) is 7.12. The van der Waals surface area contributed by atoms with Crippen molar-refractivity contribution in [2.24, 2.45) is 11.8 Å². The van der Waals surface area contributed by atoms with Crippen LogP contribution in [0.2, 0.25) is 0 Å². The number of amides is 1. The van der Waals surface area contributed by atoms with Crippen LogP contribution >= 0.6 is 0 Å². The molecule has 0 bridgehead atoms. The van der Waals surface area contributed by atoms with E-state index >= 15 is 0 Å². The fraction of sp³-hybridized carbons (Fsp3) is 0.867. The molecule has 5 nitrogen and oxygen atoms in total. The van der Waals surface area contributed by atoms with Gasteiger partial charge in [0.25, 0.3) is 0 Å². The number of aliphatic carboxylic acids is 1. The van der Waals surface area contributed by atoms with Gasteiger partial charge in [-0.05, 0) is 18.8 Å². The Morgan fingerprint density at radius 1 is 1.15 bits per heavy atom. The lowest BCUT2D eigenvalue weighted by atomic mass is 9.99. The zero-order chi connectivity index (χ0) is 14.5. The van der Waals surface area contributed by atoms with Gasteiger partial charge in [0.15, 0.2) is 0 Å². The highest BCUT2D eigenvalue weighted by Gasteiger charge is 2.35. The van der Waals surface area contributed by atoms with Gasteiger partial charge in [-0.25, -0.2) is 0 Å². The molecule has 0 aromatic rings. The summed E-state index contributed by atoms with van der Waals surface area (Å²) < 4.78 is 0. The summed E-state index contributed by atoms with van der Waals surface area (Å²) in [5.74, 6) is -0.904. The first-order valence-corrected chi connectivity index (χ1v) is 7.81. The summed E-state index contributed by atoms with van der Waals surface area (Å²) in [5, 5.41) is 12.2. The van der Waals surface area contributed by atoms with Crippen LogP contribution in [0.5, 0.6) is 0 Å². The lowest BCUT2D eigenvalue weighted by Gasteiger charge is -2.19. The highest BCUT2D eigenvalue weighted by molar-refractivity contribution is 5.78. The molecule has 1 aliphatic carbocycles. The fourth-order valence-electron chi connectivity index (χ4n) is 3.42. The Balaban J connectivity index is 1.76. The standard InChI is InChI=1S/C15H26N2O3/c1-11-8-17(9-13(11)15(19)20)10-14(18)16-12-6-4-2-3-5-7-12/h11-13H,2-10H2,1H3,(H,16,18)(H,19,20). The quantitative estimate of drug-likeness (QED) is 0.766. The molecule has 2 N–H and O–H groups in total. The third kappa shape index (κ3) is 4.20. The number of nitrogens with zero attached hydrogens (tertiary/aromatic N) is 1. The van der Waals surface area contributed by atoms with Gasteiger partial charge in [0.05, 0.1) is 12.5 Å². The lowest BCUT2D eigenvalue weighted by Crippen LogP contribution is -2.41. The molecule has 1 heterocycles. The minimum absolute atomic E-state index is 0.0511. The molecule has 0 aromatic heterocycles. The Hall–Kier alpha value is -1.10. The number of nitrogens with one attached hydrogen (secondary N) is 1. The molecule has 0 radical (unpaired) electrons. The highest BCUT2D eigenvalue weighted by atomic mass is 16.4. The monoisotopic (exact) mass is 282 g/mol. The van der Waals surface area contributed by atoms with Crippen LogP contribution in [0.15, 0.2) is 0 Å². The summed E-state index contributed by atoms with van der Waals surface area (Å²) in [4.78, 5) is 25.1. The van der Waals surface area contributed by atoms with E-state index in [-0.39, 0.29) is 17.7 Å². The number of hydrogen-bond donors (Lipinski definition) is 2. The minimum atomic E-state index is -0.746. The van der Waals surface area contributed by atoms with Crippen molar-refractivity contribution in [2.45, 2.75) is 51.5 Å². The number of likely N-dealkylation sites (tertiary alicyclic amines) is 1. The molecule has 0 spiro atoms. The Morgan fingerprint density at radius 3 is 2.35 bits per heavy atom. The van der Waals surface area contributed by atoms with Crippen LogP contribution in [-0.4, -0.2) is 47.6 Å². The van der Waals surface area contributed by atoms with Crippen molar-refractivity contribution < 1.29 is 14.7 Å². The Bertz CT molecular complexity index is 351. The number of hydrogen-bond acceptors (Lipinski definition) is 3. The summed E-state index contributed by atoms with van der Waals surface area (Å²) in [6, 6.07) is 0.320. The van der Waals surface area contributed by atoms with E-state index in [2.05, 4.69) is 5.32 Å². The van der Waals surface area contributed by atoms with E-state index in [1.807, 2.05) is 11.8 Å². The van der Waals surface area contributed by atoms with Crippen LogP contribution in [0.3, 0.4) is 0 Å². The maximum Gasteiger partial charge on any atom is 0.308 e. The van der Waals surface area contributed by atoms with Crippen molar-refractivity contribution in [3.8, 4) is 0 Å². The van der Waals surface area contributed by atoms with E-state index in [0.717, 1.165) is 12.8 Å². The molecule has 5 heteroatoms. The van der Waals surface area contributed by atoms with Crippen molar-refractivity contribution in [1.82, 2.24) is 10.2 Å². The zero-order valence-electron chi connectivity index (χ0n) is 12.3. The van der Waals surface area contributed by atoms with Crippen molar-refractivity contribution in [1.29, 1.82) is 0 Å². The fourth-order valence-corrected chi connectivity index (χ4v) is 3.42. The molecule has 2 atom stereocenters. The molecule has 2 unspecified atom stereocenters. The van der Waals surface area contributed by atoms with Gasteiger partial charge in [-0.15, -0.1) is 0 Å². The molecule has 114 valence electrons. The number of carbonyl (C=O) groups is 2. The second kappa shape index (κ2) is 7.07. The molecular weight excluding hydrogens is 256 g/mol. The van der Waals surface area contributed by atoms with Gasteiger partial charge in [0.2, 0.25) is 5.91 Å². The van der Waals surface area contributed by atoms with E-state index in [4.69, 9.17) is 5.11 Å². The van der Waals surface area contributed by atoms with E-state index in [1.165, 1.54) is 25.7 Å². The number of carboxylic acid groups (broad SMARTS) is 1. The van der Waals surface area contributed by atoms with E-state index in [1.54, 1.807) is 0 Å². The van der Waals surface area contributed by atoms with Gasteiger partial charge >= 0.3 is 5.97 Å². The third-order valence-corrected chi connectivity index (χ3v) is 4.59. The number of carboxylic acids is 1. The molecule has 20 heavy (non-hydrogen) atoms. The molecule has 1 amide bonds. The van der Waals surface area contributed by atoms with Gasteiger partial charge in [-0.2, -0.15) is 0 Å². The third-order valence-electron chi connectivity index (χ3n) is 4.59. The first-order valence-electron chi connectivity index (χ1n) is 7.81. The Kier molecular flexibility index (Phi) is 5.40. The first-order chi connectivity index (χ1) is 9.56. The molecular formula is C15H26N2O3. The summed E-state index contributed by atoms with van der Waals surface area (Å²) in [6.45, 7) is 3.48. The Labute approximate surface area is 120 Å². The summed E-state index contributed by atoms with van der Waals surface area (Å²) in [5.41, 5.74) is 0.